The highest BCUT2D eigenvalue weighted by atomic mass is 32.2. The van der Waals surface area contributed by atoms with Gasteiger partial charge >= 0.3 is 0 Å². The fourth-order valence-electron chi connectivity index (χ4n) is 1.64. The summed E-state index contributed by atoms with van der Waals surface area (Å²) in [5.41, 5.74) is 7.39. The molecule has 2 aromatic rings. The van der Waals surface area contributed by atoms with E-state index in [1.807, 2.05) is 14.0 Å². The summed E-state index contributed by atoms with van der Waals surface area (Å²) in [5.74, 6) is 0. The van der Waals surface area contributed by atoms with Gasteiger partial charge in [-0.15, -0.1) is 0 Å². The van der Waals surface area contributed by atoms with Crippen LogP contribution in [-0.4, -0.2) is 24.5 Å². The van der Waals surface area contributed by atoms with Gasteiger partial charge in [-0.05, 0) is 31.2 Å². The number of rotatable bonds is 3. The first-order valence-electron chi connectivity index (χ1n) is 5.56. The van der Waals surface area contributed by atoms with Gasteiger partial charge in [-0.1, -0.05) is 11.8 Å². The first kappa shape index (κ1) is 14.0. The van der Waals surface area contributed by atoms with Crippen LogP contribution in [0.4, 0.5) is 5.69 Å². The molecule has 0 saturated heterocycles. The molecule has 2 rings (SSSR count). The Kier molecular flexibility index (Phi) is 3.60. The molecule has 0 amide bonds. The molecule has 0 radical (unpaired) electrons. The van der Waals surface area contributed by atoms with E-state index in [0.717, 1.165) is 15.6 Å². The van der Waals surface area contributed by atoms with Crippen LogP contribution in [-0.2, 0) is 16.9 Å². The van der Waals surface area contributed by atoms with E-state index in [2.05, 4.69) is 5.10 Å². The van der Waals surface area contributed by atoms with Gasteiger partial charge in [0.15, 0.2) is 9.84 Å². The van der Waals surface area contributed by atoms with Gasteiger partial charge in [-0.2, -0.15) is 5.10 Å². The quantitative estimate of drug-likeness (QED) is 0.935. The number of nitrogen functional groups attached to an aromatic ring is 1. The van der Waals surface area contributed by atoms with E-state index in [1.165, 1.54) is 18.0 Å². The highest BCUT2D eigenvalue weighted by Crippen LogP contribution is 2.33. The number of nitrogens with zero attached hydrogens (tertiary/aromatic N) is 2. The minimum absolute atomic E-state index is 0.311. The number of nitrogens with two attached hydrogens (primary N) is 1. The van der Waals surface area contributed by atoms with E-state index >= 15 is 0 Å². The van der Waals surface area contributed by atoms with Crippen LogP contribution in [0.25, 0.3) is 0 Å². The third-order valence-corrected chi connectivity index (χ3v) is 4.99. The number of hydrogen-bond donors (Lipinski definition) is 1. The standard InChI is InChI=1S/C12H15N3O2S2/c1-8-11(13)12(15(2)14-8)18-9-4-6-10(7-5-9)19(3,16)17/h4-7H,13H2,1-3H3. The molecule has 19 heavy (non-hydrogen) atoms. The molecule has 0 bridgehead atoms. The zero-order valence-electron chi connectivity index (χ0n) is 10.9. The fourth-order valence-corrected chi connectivity index (χ4v) is 3.20. The first-order valence-corrected chi connectivity index (χ1v) is 8.27. The number of anilines is 1. The Bertz CT molecular complexity index is 703. The van der Waals surface area contributed by atoms with Crippen LogP contribution in [0.1, 0.15) is 5.69 Å². The molecule has 0 aliphatic rings. The largest absolute Gasteiger partial charge is 0.395 e. The van der Waals surface area contributed by atoms with Gasteiger partial charge in [0.2, 0.25) is 0 Å². The minimum atomic E-state index is -3.16. The van der Waals surface area contributed by atoms with Crippen molar-refractivity contribution in [1.29, 1.82) is 0 Å². The zero-order valence-corrected chi connectivity index (χ0v) is 12.5. The number of aryl methyl sites for hydroxylation is 2. The molecule has 102 valence electrons. The summed E-state index contributed by atoms with van der Waals surface area (Å²) < 4.78 is 24.5. The molecule has 0 unspecified atom stereocenters. The van der Waals surface area contributed by atoms with Crippen LogP contribution in [0.15, 0.2) is 39.1 Å². The maximum Gasteiger partial charge on any atom is 0.175 e. The second-order valence-electron chi connectivity index (χ2n) is 4.27. The van der Waals surface area contributed by atoms with Crippen molar-refractivity contribution in [1.82, 2.24) is 9.78 Å². The van der Waals surface area contributed by atoms with Gasteiger partial charge in [0.05, 0.1) is 16.3 Å². The summed E-state index contributed by atoms with van der Waals surface area (Å²) in [6, 6.07) is 6.72. The van der Waals surface area contributed by atoms with Crippen molar-refractivity contribution < 1.29 is 8.42 Å². The maximum absolute atomic E-state index is 11.4. The molecule has 0 saturated carbocycles. The molecule has 1 aromatic heterocycles. The summed E-state index contributed by atoms with van der Waals surface area (Å²) in [5, 5.41) is 5.09. The second kappa shape index (κ2) is 4.90. The summed E-state index contributed by atoms with van der Waals surface area (Å²) in [4.78, 5) is 1.23. The van der Waals surface area contributed by atoms with Gasteiger partial charge in [0, 0.05) is 18.2 Å². The van der Waals surface area contributed by atoms with Crippen LogP contribution in [0.3, 0.4) is 0 Å². The predicted molar refractivity (Wildman–Crippen MR) is 76.0 cm³/mol. The third kappa shape index (κ3) is 2.93. The zero-order chi connectivity index (χ0) is 14.2. The van der Waals surface area contributed by atoms with Crippen molar-refractivity contribution in [2.75, 3.05) is 12.0 Å². The smallest absolute Gasteiger partial charge is 0.175 e. The molecule has 1 heterocycles. The molecule has 7 heteroatoms. The Morgan fingerprint density at radius 3 is 2.26 bits per heavy atom. The van der Waals surface area contributed by atoms with E-state index in [-0.39, 0.29) is 0 Å². The summed E-state index contributed by atoms with van der Waals surface area (Å²) in [6.07, 6.45) is 1.19. The SMILES string of the molecule is Cc1nn(C)c(Sc2ccc(S(C)(=O)=O)cc2)c1N. The number of benzene rings is 1. The molecule has 0 aliphatic carbocycles. The van der Waals surface area contributed by atoms with Gasteiger partial charge in [-0.3, -0.25) is 4.68 Å². The lowest BCUT2D eigenvalue weighted by Gasteiger charge is -2.04. The van der Waals surface area contributed by atoms with E-state index in [0.29, 0.717) is 10.6 Å². The van der Waals surface area contributed by atoms with Crippen molar-refractivity contribution >= 4 is 27.3 Å². The van der Waals surface area contributed by atoms with Crippen LogP contribution in [0.2, 0.25) is 0 Å². The van der Waals surface area contributed by atoms with Gasteiger partial charge in [0.25, 0.3) is 0 Å². The summed E-state index contributed by atoms with van der Waals surface area (Å²) >= 11 is 1.46. The summed E-state index contributed by atoms with van der Waals surface area (Å²) in [7, 11) is -1.33. The van der Waals surface area contributed by atoms with Crippen molar-refractivity contribution in [3.8, 4) is 0 Å². The van der Waals surface area contributed by atoms with Gasteiger partial charge in [0.1, 0.15) is 5.03 Å². The number of sulfone groups is 1. The molecule has 0 spiro atoms. The van der Waals surface area contributed by atoms with Crippen molar-refractivity contribution in [3.05, 3.63) is 30.0 Å². The highest BCUT2D eigenvalue weighted by molar-refractivity contribution is 7.99. The Morgan fingerprint density at radius 2 is 1.84 bits per heavy atom. The monoisotopic (exact) mass is 297 g/mol. The second-order valence-corrected chi connectivity index (χ2v) is 7.35. The number of hydrogen-bond acceptors (Lipinski definition) is 5. The first-order chi connectivity index (χ1) is 8.79. The van der Waals surface area contributed by atoms with Crippen molar-refractivity contribution in [3.63, 3.8) is 0 Å². The van der Waals surface area contributed by atoms with Crippen LogP contribution >= 0.6 is 11.8 Å². The molecule has 2 N–H and O–H groups in total. The van der Waals surface area contributed by atoms with Gasteiger partial charge in [-0.25, -0.2) is 8.42 Å². The molecule has 0 fully saturated rings. The Morgan fingerprint density at radius 1 is 1.26 bits per heavy atom. The average Bonchev–Trinajstić information content (AvgIpc) is 2.56. The fraction of sp³-hybridized carbons (Fsp3) is 0.250. The third-order valence-electron chi connectivity index (χ3n) is 2.68. The molecule has 5 nitrogen and oxygen atoms in total. The minimum Gasteiger partial charge on any atom is -0.395 e. The normalized spacial score (nSPS) is 11.7. The summed E-state index contributed by atoms with van der Waals surface area (Å²) in [6.45, 7) is 1.85. The van der Waals surface area contributed by atoms with E-state index in [4.69, 9.17) is 5.73 Å². The highest BCUT2D eigenvalue weighted by Gasteiger charge is 2.12. The predicted octanol–water partition coefficient (Wildman–Crippen LogP) is 1.87. The average molecular weight is 297 g/mol. The van der Waals surface area contributed by atoms with Crippen LogP contribution in [0, 0.1) is 6.92 Å². The van der Waals surface area contributed by atoms with E-state index in [1.54, 1.807) is 28.9 Å². The van der Waals surface area contributed by atoms with Crippen molar-refractivity contribution in [2.45, 2.75) is 21.7 Å². The molecule has 1 aromatic carbocycles. The lowest BCUT2D eigenvalue weighted by atomic mass is 10.4. The molecular formula is C12H15N3O2S2. The van der Waals surface area contributed by atoms with Crippen molar-refractivity contribution in [2.24, 2.45) is 7.05 Å². The topological polar surface area (TPSA) is 78.0 Å². The molecule has 0 aliphatic heterocycles. The Labute approximate surface area is 116 Å². The molecular weight excluding hydrogens is 282 g/mol. The Hall–Kier alpha value is -1.47. The van der Waals surface area contributed by atoms with Crippen LogP contribution in [0.5, 0.6) is 0 Å². The number of aromatic nitrogens is 2. The molecule has 0 atom stereocenters. The van der Waals surface area contributed by atoms with Gasteiger partial charge < -0.3 is 5.73 Å². The van der Waals surface area contributed by atoms with E-state index in [9.17, 15) is 8.42 Å². The van der Waals surface area contributed by atoms with E-state index < -0.39 is 9.84 Å². The van der Waals surface area contributed by atoms with Crippen LogP contribution < -0.4 is 5.73 Å². The maximum atomic E-state index is 11.4. The lowest BCUT2D eigenvalue weighted by Crippen LogP contribution is -1.96. The Balaban J connectivity index is 2.30. The lowest BCUT2D eigenvalue weighted by molar-refractivity contribution is 0.602.